The van der Waals surface area contributed by atoms with Gasteiger partial charge in [-0.3, -0.25) is 19.2 Å². The Morgan fingerprint density at radius 1 is 1.09 bits per heavy atom. The number of rotatable bonds is 13. The summed E-state index contributed by atoms with van der Waals surface area (Å²) in [6.07, 6.45) is 3.75. The van der Waals surface area contributed by atoms with Gasteiger partial charge in [-0.2, -0.15) is 0 Å². The van der Waals surface area contributed by atoms with Crippen molar-refractivity contribution in [3.63, 3.8) is 0 Å². The summed E-state index contributed by atoms with van der Waals surface area (Å²) in [5.41, 5.74) is 1.27. The summed E-state index contributed by atoms with van der Waals surface area (Å²) in [6, 6.07) is 8.84. The number of hydrogen-bond donors (Lipinski definition) is 4. The number of carbonyl (C=O) groups excluding carboxylic acids is 3. The molecule has 0 fully saturated rings. The van der Waals surface area contributed by atoms with Crippen LogP contribution in [0.4, 0.5) is 0 Å². The van der Waals surface area contributed by atoms with Crippen LogP contribution in [-0.2, 0) is 25.8 Å². The maximum absolute atomic E-state index is 12.9. The van der Waals surface area contributed by atoms with Crippen molar-refractivity contribution in [1.29, 1.82) is 0 Å². The molecule has 0 saturated carbocycles. The van der Waals surface area contributed by atoms with E-state index >= 15 is 0 Å². The van der Waals surface area contributed by atoms with Crippen molar-refractivity contribution in [3.05, 3.63) is 42.2 Å². The molecule has 0 aliphatic heterocycles. The summed E-state index contributed by atoms with van der Waals surface area (Å²) in [5, 5.41) is 16.5. The number of hydrogen-bond acceptors (Lipinski definition) is 7. The topological polar surface area (TPSA) is 153 Å². The molecule has 0 unspecified atom stereocenters. The molecule has 5 N–H and O–H groups in total. The number of amides is 3. The maximum Gasteiger partial charge on any atom is 0.248 e. The molecule has 2 rings (SSSR count). The van der Waals surface area contributed by atoms with E-state index in [-0.39, 0.29) is 36.3 Å². The van der Waals surface area contributed by atoms with Crippen molar-refractivity contribution in [3.8, 4) is 5.69 Å². The SMILES string of the molecule is CC(C)(C)CC(=O)N[C@@H](CCCCNC(=O)CON)C(=O)NCc1cn(-c2ccccc2)nn1. The van der Waals surface area contributed by atoms with Crippen molar-refractivity contribution >= 4 is 17.7 Å². The Labute approximate surface area is 199 Å². The molecule has 0 saturated heterocycles. The van der Waals surface area contributed by atoms with Gasteiger partial charge in [0.05, 0.1) is 18.4 Å². The van der Waals surface area contributed by atoms with E-state index in [0.29, 0.717) is 37.9 Å². The Kier molecular flexibility index (Phi) is 10.6. The molecule has 0 aliphatic rings. The van der Waals surface area contributed by atoms with E-state index in [1.54, 1.807) is 10.9 Å². The summed E-state index contributed by atoms with van der Waals surface area (Å²) in [6.45, 7) is 6.30. The second-order valence-corrected chi connectivity index (χ2v) is 9.22. The van der Waals surface area contributed by atoms with Crippen LogP contribution in [0, 0.1) is 5.41 Å². The largest absolute Gasteiger partial charge is 0.354 e. The van der Waals surface area contributed by atoms with Crippen LogP contribution in [0.2, 0.25) is 0 Å². The van der Waals surface area contributed by atoms with Gasteiger partial charge in [-0.1, -0.05) is 44.2 Å². The van der Waals surface area contributed by atoms with E-state index in [2.05, 4.69) is 31.1 Å². The molecule has 1 heterocycles. The average Bonchev–Trinajstić information content (AvgIpc) is 3.25. The Balaban J connectivity index is 1.90. The lowest BCUT2D eigenvalue weighted by molar-refractivity contribution is -0.130. The molecule has 3 amide bonds. The van der Waals surface area contributed by atoms with E-state index in [1.807, 2.05) is 51.1 Å². The first-order valence-corrected chi connectivity index (χ1v) is 11.3. The smallest absolute Gasteiger partial charge is 0.248 e. The molecule has 1 aromatic carbocycles. The third kappa shape index (κ3) is 10.1. The summed E-state index contributed by atoms with van der Waals surface area (Å²) < 4.78 is 1.63. The Bertz CT molecular complexity index is 925. The van der Waals surface area contributed by atoms with Crippen molar-refractivity contribution in [1.82, 2.24) is 30.9 Å². The van der Waals surface area contributed by atoms with Gasteiger partial charge in [0.25, 0.3) is 0 Å². The lowest BCUT2D eigenvalue weighted by Crippen LogP contribution is -2.47. The number of nitrogens with one attached hydrogen (secondary N) is 3. The molecule has 0 spiro atoms. The number of nitrogens with zero attached hydrogens (tertiary/aromatic N) is 3. The number of carbonyl (C=O) groups is 3. The quantitative estimate of drug-likeness (QED) is 0.250. The Hall–Kier alpha value is -3.31. The molecular formula is C23H35N7O4. The minimum absolute atomic E-state index is 0.184. The molecular weight excluding hydrogens is 438 g/mol. The zero-order valence-electron chi connectivity index (χ0n) is 20.0. The van der Waals surface area contributed by atoms with E-state index in [1.165, 1.54) is 0 Å². The van der Waals surface area contributed by atoms with E-state index in [9.17, 15) is 14.4 Å². The third-order valence-electron chi connectivity index (χ3n) is 4.80. The highest BCUT2D eigenvalue weighted by molar-refractivity contribution is 5.87. The van der Waals surface area contributed by atoms with Crippen molar-refractivity contribution in [2.24, 2.45) is 11.3 Å². The van der Waals surface area contributed by atoms with Crippen LogP contribution in [0.3, 0.4) is 0 Å². The van der Waals surface area contributed by atoms with Gasteiger partial charge < -0.3 is 16.0 Å². The molecule has 11 heteroatoms. The number of aromatic nitrogens is 3. The molecule has 2 aromatic rings. The molecule has 11 nitrogen and oxygen atoms in total. The highest BCUT2D eigenvalue weighted by atomic mass is 16.6. The second-order valence-electron chi connectivity index (χ2n) is 9.22. The maximum atomic E-state index is 12.9. The molecule has 0 radical (unpaired) electrons. The normalized spacial score (nSPS) is 12.1. The van der Waals surface area contributed by atoms with E-state index in [0.717, 1.165) is 5.69 Å². The van der Waals surface area contributed by atoms with Crippen LogP contribution in [0.25, 0.3) is 5.69 Å². The minimum Gasteiger partial charge on any atom is -0.354 e. The predicted molar refractivity (Wildman–Crippen MR) is 126 cm³/mol. The predicted octanol–water partition coefficient (Wildman–Crippen LogP) is 0.981. The lowest BCUT2D eigenvalue weighted by atomic mass is 9.91. The highest BCUT2D eigenvalue weighted by Gasteiger charge is 2.23. The van der Waals surface area contributed by atoms with Crippen molar-refractivity contribution in [2.75, 3.05) is 13.2 Å². The first-order valence-electron chi connectivity index (χ1n) is 11.3. The van der Waals surface area contributed by atoms with Crippen LogP contribution in [0.5, 0.6) is 0 Å². The molecule has 34 heavy (non-hydrogen) atoms. The van der Waals surface area contributed by atoms with Gasteiger partial charge in [0.15, 0.2) is 0 Å². The number of para-hydroxylation sites is 1. The summed E-state index contributed by atoms with van der Waals surface area (Å²) in [7, 11) is 0. The van der Waals surface area contributed by atoms with E-state index < -0.39 is 6.04 Å². The standard InChI is InChI=1S/C23H35N7O4/c1-23(2,3)13-20(31)27-19(11-7-8-12-25-21(32)16-34-24)22(33)26-14-17-15-30(29-28-17)18-9-5-4-6-10-18/h4-6,9-10,15,19H,7-8,11-14,16,24H2,1-3H3,(H,25,32)(H,26,33)(H,27,31)/t19-/m0/s1. The van der Waals surface area contributed by atoms with Crippen LogP contribution in [0.15, 0.2) is 36.5 Å². The number of benzene rings is 1. The minimum atomic E-state index is -0.693. The molecule has 1 atom stereocenters. The average molecular weight is 474 g/mol. The molecule has 0 aliphatic carbocycles. The van der Waals surface area contributed by atoms with Gasteiger partial charge in [0.1, 0.15) is 18.3 Å². The second kappa shape index (κ2) is 13.4. The molecule has 186 valence electrons. The monoisotopic (exact) mass is 473 g/mol. The first-order chi connectivity index (χ1) is 16.2. The fraction of sp³-hybridized carbons (Fsp3) is 0.522. The van der Waals surface area contributed by atoms with E-state index in [4.69, 9.17) is 5.90 Å². The first kappa shape index (κ1) is 26.9. The summed E-state index contributed by atoms with van der Waals surface area (Å²) >= 11 is 0. The van der Waals surface area contributed by atoms with Gasteiger partial charge in [-0.05, 0) is 36.8 Å². The van der Waals surface area contributed by atoms with Gasteiger partial charge in [-0.25, -0.2) is 10.6 Å². The number of nitrogens with two attached hydrogens (primary N) is 1. The fourth-order valence-electron chi connectivity index (χ4n) is 3.21. The van der Waals surface area contributed by atoms with Crippen molar-refractivity contribution in [2.45, 2.75) is 59.0 Å². The third-order valence-corrected chi connectivity index (χ3v) is 4.80. The summed E-state index contributed by atoms with van der Waals surface area (Å²) in [5.74, 6) is 4.08. The van der Waals surface area contributed by atoms with Gasteiger partial charge >= 0.3 is 0 Å². The van der Waals surface area contributed by atoms with Crippen LogP contribution in [0.1, 0.15) is 52.1 Å². The number of unbranched alkanes of at least 4 members (excludes halogenated alkanes) is 1. The summed E-state index contributed by atoms with van der Waals surface area (Å²) in [4.78, 5) is 41.0. The lowest BCUT2D eigenvalue weighted by Gasteiger charge is -2.22. The van der Waals surface area contributed by atoms with Crippen molar-refractivity contribution < 1.29 is 19.2 Å². The molecule has 1 aromatic heterocycles. The zero-order valence-corrected chi connectivity index (χ0v) is 20.0. The Morgan fingerprint density at radius 2 is 1.82 bits per heavy atom. The van der Waals surface area contributed by atoms with Crippen LogP contribution in [-0.4, -0.2) is 51.9 Å². The molecule has 0 bridgehead atoms. The van der Waals surface area contributed by atoms with Crippen LogP contribution >= 0.6 is 0 Å². The highest BCUT2D eigenvalue weighted by Crippen LogP contribution is 2.18. The van der Waals surface area contributed by atoms with Crippen LogP contribution < -0.4 is 21.8 Å². The van der Waals surface area contributed by atoms with Gasteiger partial charge in [0, 0.05) is 13.0 Å². The van der Waals surface area contributed by atoms with Gasteiger partial charge in [-0.15, -0.1) is 5.10 Å². The fourth-order valence-corrected chi connectivity index (χ4v) is 3.21. The van der Waals surface area contributed by atoms with Gasteiger partial charge in [0.2, 0.25) is 17.7 Å². The zero-order chi connectivity index (χ0) is 25.0. The Morgan fingerprint density at radius 3 is 2.50 bits per heavy atom.